The highest BCUT2D eigenvalue weighted by molar-refractivity contribution is 7.98. The van der Waals surface area contributed by atoms with Gasteiger partial charge in [0, 0.05) is 27.7 Å². The Morgan fingerprint density at radius 1 is 0.969 bits per heavy atom. The number of thioether (sulfide) groups is 1. The summed E-state index contributed by atoms with van der Waals surface area (Å²) in [6.45, 7) is 3.55. The van der Waals surface area contributed by atoms with Crippen molar-refractivity contribution in [1.82, 2.24) is 20.8 Å². The minimum absolute atomic E-state index is 0.289. The van der Waals surface area contributed by atoms with Gasteiger partial charge < -0.3 is 4.74 Å². The monoisotopic (exact) mass is 490 g/mol. The second kappa shape index (κ2) is 11.2. The second-order valence-corrected chi connectivity index (χ2v) is 8.57. The minimum Gasteiger partial charge on any atom is -0.482 e. The highest BCUT2D eigenvalue weighted by Crippen LogP contribution is 2.27. The van der Waals surface area contributed by atoms with Crippen LogP contribution in [0.1, 0.15) is 27.3 Å². The number of aromatic nitrogens is 2. The predicted octanol–water partition coefficient (Wildman–Crippen LogP) is 4.53. The Balaban J connectivity index is 1.45. The molecule has 0 aliphatic carbocycles. The molecule has 1 heterocycles. The van der Waals surface area contributed by atoms with Gasteiger partial charge >= 0.3 is 0 Å². The number of benzene rings is 2. The smallest absolute Gasteiger partial charge is 0.276 e. The largest absolute Gasteiger partial charge is 0.482 e. The number of amides is 2. The van der Waals surface area contributed by atoms with Crippen LogP contribution >= 0.6 is 35.0 Å². The lowest BCUT2D eigenvalue weighted by Crippen LogP contribution is -2.43. The van der Waals surface area contributed by atoms with E-state index in [0.29, 0.717) is 27.2 Å². The number of rotatable bonds is 7. The SMILES string of the molecule is Cc1cc(C)nc(SCc2ccc(C(=O)NNC(=O)COc3ccc(Cl)cc3Cl)cc2)n1. The number of carbonyl (C=O) groups is 2. The number of nitrogens with one attached hydrogen (secondary N) is 2. The van der Waals surface area contributed by atoms with Crippen molar-refractivity contribution in [2.45, 2.75) is 24.8 Å². The fraction of sp³-hybridized carbons (Fsp3) is 0.182. The van der Waals surface area contributed by atoms with Gasteiger partial charge in [-0.25, -0.2) is 9.97 Å². The maximum absolute atomic E-state index is 12.3. The molecule has 0 spiro atoms. The number of halogens is 2. The number of hydrogen-bond donors (Lipinski definition) is 2. The van der Waals surface area contributed by atoms with Gasteiger partial charge in [-0.2, -0.15) is 0 Å². The van der Waals surface area contributed by atoms with Crippen molar-refractivity contribution in [3.63, 3.8) is 0 Å². The summed E-state index contributed by atoms with van der Waals surface area (Å²) in [7, 11) is 0. The van der Waals surface area contributed by atoms with E-state index in [1.807, 2.05) is 32.0 Å². The van der Waals surface area contributed by atoms with Crippen LogP contribution in [0.5, 0.6) is 5.75 Å². The molecule has 0 radical (unpaired) electrons. The van der Waals surface area contributed by atoms with Crippen molar-refractivity contribution in [2.75, 3.05) is 6.61 Å². The summed E-state index contributed by atoms with van der Waals surface area (Å²) in [5, 5.41) is 1.47. The molecular weight excluding hydrogens is 471 g/mol. The lowest BCUT2D eigenvalue weighted by molar-refractivity contribution is -0.123. The van der Waals surface area contributed by atoms with Crippen LogP contribution in [0.25, 0.3) is 0 Å². The van der Waals surface area contributed by atoms with Crippen LogP contribution in [0.2, 0.25) is 10.0 Å². The molecule has 3 aromatic rings. The van der Waals surface area contributed by atoms with Gasteiger partial charge in [0.1, 0.15) is 5.75 Å². The summed E-state index contributed by atoms with van der Waals surface area (Å²) in [5.74, 6) is 0.00865. The molecule has 2 aromatic carbocycles. The quantitative estimate of drug-likeness (QED) is 0.287. The van der Waals surface area contributed by atoms with Crippen LogP contribution in [0.15, 0.2) is 53.7 Å². The average Bonchev–Trinajstić information content (AvgIpc) is 2.75. The van der Waals surface area contributed by atoms with Crippen molar-refractivity contribution < 1.29 is 14.3 Å². The third-order valence-electron chi connectivity index (χ3n) is 4.11. The van der Waals surface area contributed by atoms with Gasteiger partial charge in [0.2, 0.25) is 0 Å². The van der Waals surface area contributed by atoms with Crippen molar-refractivity contribution in [3.8, 4) is 5.75 Å². The summed E-state index contributed by atoms with van der Waals surface area (Å²) in [6.07, 6.45) is 0. The normalized spacial score (nSPS) is 10.5. The summed E-state index contributed by atoms with van der Waals surface area (Å²) in [6, 6.07) is 13.6. The van der Waals surface area contributed by atoms with Crippen molar-refractivity contribution in [2.24, 2.45) is 0 Å². The van der Waals surface area contributed by atoms with E-state index in [9.17, 15) is 9.59 Å². The van der Waals surface area contributed by atoms with Gasteiger partial charge in [-0.3, -0.25) is 20.4 Å². The lowest BCUT2D eigenvalue weighted by atomic mass is 10.1. The number of aryl methyl sites for hydroxylation is 2. The Morgan fingerprint density at radius 2 is 1.66 bits per heavy atom. The van der Waals surface area contributed by atoms with Crippen LogP contribution in [0.3, 0.4) is 0 Å². The summed E-state index contributed by atoms with van der Waals surface area (Å²) < 4.78 is 5.32. The highest BCUT2D eigenvalue weighted by atomic mass is 35.5. The van der Waals surface area contributed by atoms with Crippen LogP contribution in [-0.2, 0) is 10.5 Å². The minimum atomic E-state index is -0.536. The Morgan fingerprint density at radius 3 is 2.31 bits per heavy atom. The first-order valence-electron chi connectivity index (χ1n) is 9.51. The second-order valence-electron chi connectivity index (χ2n) is 6.78. The van der Waals surface area contributed by atoms with E-state index in [4.69, 9.17) is 27.9 Å². The van der Waals surface area contributed by atoms with Crippen LogP contribution < -0.4 is 15.6 Å². The molecule has 3 rings (SSSR count). The Labute approximate surface area is 199 Å². The van der Waals surface area contributed by atoms with Crippen LogP contribution in [-0.4, -0.2) is 28.4 Å². The standard InChI is InChI=1S/C22H20Cl2N4O3S/c1-13-9-14(2)26-22(25-13)32-12-15-3-5-16(6-4-15)21(30)28-27-20(29)11-31-19-8-7-17(23)10-18(19)24/h3-10H,11-12H2,1-2H3,(H,27,29)(H,28,30). The number of nitrogens with zero attached hydrogens (tertiary/aromatic N) is 2. The van der Waals surface area contributed by atoms with E-state index in [1.165, 1.54) is 17.8 Å². The molecule has 2 amide bonds. The van der Waals surface area contributed by atoms with Gasteiger partial charge in [-0.1, -0.05) is 47.1 Å². The molecule has 32 heavy (non-hydrogen) atoms. The zero-order valence-corrected chi connectivity index (χ0v) is 19.6. The predicted molar refractivity (Wildman–Crippen MR) is 125 cm³/mol. The first kappa shape index (κ1) is 23.8. The highest BCUT2D eigenvalue weighted by Gasteiger charge is 2.10. The maximum Gasteiger partial charge on any atom is 0.276 e. The number of hydrazine groups is 1. The van der Waals surface area contributed by atoms with Gasteiger partial charge in [0.15, 0.2) is 11.8 Å². The molecule has 0 aliphatic heterocycles. The van der Waals surface area contributed by atoms with Gasteiger partial charge in [0.25, 0.3) is 11.8 Å². The van der Waals surface area contributed by atoms with Gasteiger partial charge in [-0.05, 0) is 55.8 Å². The molecule has 7 nitrogen and oxygen atoms in total. The number of ether oxygens (including phenoxy) is 1. The van der Waals surface area contributed by atoms with Gasteiger partial charge in [-0.15, -0.1) is 0 Å². The first-order valence-corrected chi connectivity index (χ1v) is 11.3. The zero-order valence-electron chi connectivity index (χ0n) is 17.3. The third kappa shape index (κ3) is 7.12. The van der Waals surface area contributed by atoms with Gasteiger partial charge in [0.05, 0.1) is 5.02 Å². The zero-order chi connectivity index (χ0) is 23.1. The molecule has 0 fully saturated rings. The molecule has 0 unspecified atom stereocenters. The van der Waals surface area contributed by atoms with E-state index in [0.717, 1.165) is 17.0 Å². The first-order chi connectivity index (χ1) is 15.3. The fourth-order valence-electron chi connectivity index (χ4n) is 2.63. The molecule has 0 atom stereocenters. The summed E-state index contributed by atoms with van der Waals surface area (Å²) in [4.78, 5) is 33.0. The molecule has 0 saturated carbocycles. The van der Waals surface area contributed by atoms with E-state index in [2.05, 4.69) is 20.8 Å². The lowest BCUT2D eigenvalue weighted by Gasteiger charge is -2.10. The molecule has 0 bridgehead atoms. The molecule has 0 saturated heterocycles. The molecule has 2 N–H and O–H groups in total. The number of carbonyl (C=O) groups excluding carboxylic acids is 2. The molecule has 0 aliphatic rings. The maximum atomic E-state index is 12.3. The molecule has 166 valence electrons. The van der Waals surface area contributed by atoms with Crippen molar-refractivity contribution >= 4 is 46.8 Å². The fourth-order valence-corrected chi connectivity index (χ4v) is 4.00. The molecule has 10 heteroatoms. The van der Waals surface area contributed by atoms with E-state index in [1.54, 1.807) is 24.3 Å². The van der Waals surface area contributed by atoms with Crippen molar-refractivity contribution in [3.05, 3.63) is 81.1 Å². The Hall–Kier alpha value is -2.81. The van der Waals surface area contributed by atoms with E-state index >= 15 is 0 Å². The summed E-state index contributed by atoms with van der Waals surface area (Å²) >= 11 is 13.3. The molecular formula is C22H20Cl2N4O3S. The van der Waals surface area contributed by atoms with Crippen LogP contribution in [0.4, 0.5) is 0 Å². The topological polar surface area (TPSA) is 93.2 Å². The van der Waals surface area contributed by atoms with E-state index < -0.39 is 11.8 Å². The summed E-state index contributed by atoms with van der Waals surface area (Å²) in [5.41, 5.74) is 7.93. The Kier molecular flexibility index (Phi) is 8.33. The third-order valence-corrected chi connectivity index (χ3v) is 5.56. The van der Waals surface area contributed by atoms with Crippen LogP contribution in [0, 0.1) is 13.8 Å². The number of hydrogen-bond acceptors (Lipinski definition) is 6. The average molecular weight is 491 g/mol. The Bertz CT molecular complexity index is 1110. The van der Waals surface area contributed by atoms with E-state index in [-0.39, 0.29) is 11.6 Å². The van der Waals surface area contributed by atoms with Crippen molar-refractivity contribution in [1.29, 1.82) is 0 Å². The molecule has 1 aromatic heterocycles.